The Kier molecular flexibility index (Phi) is 2.19. The fourth-order valence-electron chi connectivity index (χ4n) is 1.23. The molecule has 1 saturated carbocycles. The molecule has 2 rings (SSSR count). The van der Waals surface area contributed by atoms with Gasteiger partial charge in [-0.1, -0.05) is 6.07 Å². The standard InChI is InChI=1S/C10H12FNO/c11-8-2-1-7(10(13)5-8)6-12-9-3-4-9/h1-2,5,9,12-13H,3-4,6H2. The third kappa shape index (κ3) is 2.18. The van der Waals surface area contributed by atoms with Crippen molar-refractivity contribution in [3.8, 4) is 5.75 Å². The average Bonchev–Trinajstić information content (AvgIpc) is 2.86. The van der Waals surface area contributed by atoms with Crippen molar-refractivity contribution in [3.05, 3.63) is 29.6 Å². The zero-order valence-electron chi connectivity index (χ0n) is 7.26. The molecule has 0 radical (unpaired) electrons. The number of phenols is 1. The first-order valence-electron chi connectivity index (χ1n) is 4.46. The molecule has 1 aliphatic rings. The second-order valence-corrected chi connectivity index (χ2v) is 3.43. The van der Waals surface area contributed by atoms with Gasteiger partial charge in [0.25, 0.3) is 0 Å². The van der Waals surface area contributed by atoms with Crippen LogP contribution in [0.25, 0.3) is 0 Å². The first kappa shape index (κ1) is 8.51. The van der Waals surface area contributed by atoms with Gasteiger partial charge in [0.05, 0.1) is 0 Å². The van der Waals surface area contributed by atoms with E-state index >= 15 is 0 Å². The van der Waals surface area contributed by atoms with Crippen molar-refractivity contribution < 1.29 is 9.50 Å². The molecule has 13 heavy (non-hydrogen) atoms. The predicted octanol–water partition coefficient (Wildman–Crippen LogP) is 1.78. The minimum atomic E-state index is -0.396. The summed E-state index contributed by atoms with van der Waals surface area (Å²) in [6.07, 6.45) is 2.42. The normalized spacial score (nSPS) is 16.1. The summed E-state index contributed by atoms with van der Waals surface area (Å²) in [5.74, 6) is -0.360. The quantitative estimate of drug-likeness (QED) is 0.745. The first-order chi connectivity index (χ1) is 6.25. The molecular formula is C10H12FNO. The Labute approximate surface area is 76.4 Å². The molecule has 0 aliphatic heterocycles. The summed E-state index contributed by atoms with van der Waals surface area (Å²) in [4.78, 5) is 0. The summed E-state index contributed by atoms with van der Waals surface area (Å²) >= 11 is 0. The number of phenolic OH excluding ortho intramolecular Hbond substituents is 1. The third-order valence-corrected chi connectivity index (χ3v) is 2.21. The number of nitrogens with one attached hydrogen (secondary N) is 1. The van der Waals surface area contributed by atoms with Crippen LogP contribution in [0.2, 0.25) is 0 Å². The molecule has 1 aromatic carbocycles. The van der Waals surface area contributed by atoms with Gasteiger partial charge in [0.15, 0.2) is 0 Å². The fourth-order valence-corrected chi connectivity index (χ4v) is 1.23. The summed E-state index contributed by atoms with van der Waals surface area (Å²) < 4.78 is 12.6. The van der Waals surface area contributed by atoms with Crippen LogP contribution in [0.15, 0.2) is 18.2 Å². The van der Waals surface area contributed by atoms with Crippen LogP contribution in [0.3, 0.4) is 0 Å². The van der Waals surface area contributed by atoms with Crippen LogP contribution in [0.5, 0.6) is 5.75 Å². The summed E-state index contributed by atoms with van der Waals surface area (Å²) in [5, 5.41) is 12.6. The maximum atomic E-state index is 12.6. The van der Waals surface area contributed by atoms with Crippen LogP contribution >= 0.6 is 0 Å². The highest BCUT2D eigenvalue weighted by Crippen LogP contribution is 2.22. The van der Waals surface area contributed by atoms with Crippen molar-refractivity contribution in [2.45, 2.75) is 25.4 Å². The second kappa shape index (κ2) is 3.34. The van der Waals surface area contributed by atoms with Gasteiger partial charge in [-0.2, -0.15) is 0 Å². The van der Waals surface area contributed by atoms with E-state index in [1.807, 2.05) is 0 Å². The Balaban J connectivity index is 2.01. The number of rotatable bonds is 3. The SMILES string of the molecule is Oc1cc(F)ccc1CNC1CC1. The van der Waals surface area contributed by atoms with Gasteiger partial charge in [-0.25, -0.2) is 4.39 Å². The Bertz CT molecular complexity index is 310. The lowest BCUT2D eigenvalue weighted by Gasteiger charge is -2.05. The van der Waals surface area contributed by atoms with Crippen molar-refractivity contribution in [2.24, 2.45) is 0 Å². The Morgan fingerprint density at radius 2 is 2.23 bits per heavy atom. The largest absolute Gasteiger partial charge is 0.508 e. The lowest BCUT2D eigenvalue weighted by molar-refractivity contribution is 0.458. The molecule has 0 heterocycles. The van der Waals surface area contributed by atoms with E-state index in [1.54, 1.807) is 6.07 Å². The number of hydrogen-bond acceptors (Lipinski definition) is 2. The molecule has 0 amide bonds. The van der Waals surface area contributed by atoms with Crippen LogP contribution in [-0.4, -0.2) is 11.1 Å². The molecule has 1 aliphatic carbocycles. The average molecular weight is 181 g/mol. The molecule has 0 aromatic heterocycles. The molecular weight excluding hydrogens is 169 g/mol. The zero-order chi connectivity index (χ0) is 9.26. The molecule has 3 heteroatoms. The predicted molar refractivity (Wildman–Crippen MR) is 47.9 cm³/mol. The van der Waals surface area contributed by atoms with E-state index < -0.39 is 5.82 Å². The van der Waals surface area contributed by atoms with E-state index in [2.05, 4.69) is 5.32 Å². The molecule has 1 fully saturated rings. The first-order valence-corrected chi connectivity index (χ1v) is 4.46. The van der Waals surface area contributed by atoms with E-state index in [0.29, 0.717) is 12.6 Å². The lowest BCUT2D eigenvalue weighted by Crippen LogP contribution is -2.15. The highest BCUT2D eigenvalue weighted by molar-refractivity contribution is 5.32. The number of halogens is 1. The topological polar surface area (TPSA) is 32.3 Å². The van der Waals surface area contributed by atoms with E-state index in [-0.39, 0.29) is 5.75 Å². The van der Waals surface area contributed by atoms with Gasteiger partial charge in [-0.15, -0.1) is 0 Å². The van der Waals surface area contributed by atoms with Crippen molar-refractivity contribution >= 4 is 0 Å². The van der Waals surface area contributed by atoms with Crippen molar-refractivity contribution in [3.63, 3.8) is 0 Å². The van der Waals surface area contributed by atoms with Crippen molar-refractivity contribution in [1.29, 1.82) is 0 Å². The summed E-state index contributed by atoms with van der Waals surface area (Å²) in [7, 11) is 0. The van der Waals surface area contributed by atoms with E-state index in [0.717, 1.165) is 11.6 Å². The molecule has 0 spiro atoms. The molecule has 0 saturated heterocycles. The van der Waals surface area contributed by atoms with Crippen molar-refractivity contribution in [2.75, 3.05) is 0 Å². The van der Waals surface area contributed by atoms with Crippen LogP contribution in [0.1, 0.15) is 18.4 Å². The Hall–Kier alpha value is -1.09. The maximum Gasteiger partial charge on any atom is 0.126 e. The molecule has 0 atom stereocenters. The lowest BCUT2D eigenvalue weighted by atomic mass is 10.2. The van der Waals surface area contributed by atoms with Gasteiger partial charge in [0.2, 0.25) is 0 Å². The van der Waals surface area contributed by atoms with Gasteiger partial charge in [-0.3, -0.25) is 0 Å². The minimum absolute atomic E-state index is 0.0353. The zero-order valence-corrected chi connectivity index (χ0v) is 7.26. The monoisotopic (exact) mass is 181 g/mol. The smallest absolute Gasteiger partial charge is 0.126 e. The van der Waals surface area contributed by atoms with Gasteiger partial charge in [-0.05, 0) is 18.9 Å². The van der Waals surface area contributed by atoms with E-state index in [4.69, 9.17) is 0 Å². The van der Waals surface area contributed by atoms with Gasteiger partial charge in [0.1, 0.15) is 11.6 Å². The number of benzene rings is 1. The highest BCUT2D eigenvalue weighted by Gasteiger charge is 2.20. The maximum absolute atomic E-state index is 12.6. The Morgan fingerprint density at radius 1 is 1.46 bits per heavy atom. The van der Waals surface area contributed by atoms with Gasteiger partial charge in [0, 0.05) is 24.2 Å². The van der Waals surface area contributed by atoms with E-state index in [1.165, 1.54) is 18.9 Å². The summed E-state index contributed by atoms with van der Waals surface area (Å²) in [5.41, 5.74) is 0.758. The van der Waals surface area contributed by atoms with Gasteiger partial charge < -0.3 is 10.4 Å². The van der Waals surface area contributed by atoms with Crippen LogP contribution in [0, 0.1) is 5.82 Å². The van der Waals surface area contributed by atoms with E-state index in [9.17, 15) is 9.50 Å². The van der Waals surface area contributed by atoms with Gasteiger partial charge >= 0.3 is 0 Å². The molecule has 2 nitrogen and oxygen atoms in total. The number of hydrogen-bond donors (Lipinski definition) is 2. The molecule has 0 unspecified atom stereocenters. The minimum Gasteiger partial charge on any atom is -0.508 e. The van der Waals surface area contributed by atoms with Crippen LogP contribution < -0.4 is 5.32 Å². The Morgan fingerprint density at radius 3 is 2.85 bits per heavy atom. The molecule has 70 valence electrons. The fraction of sp³-hybridized carbons (Fsp3) is 0.400. The summed E-state index contributed by atoms with van der Waals surface area (Å²) in [6, 6.07) is 4.72. The second-order valence-electron chi connectivity index (χ2n) is 3.43. The molecule has 0 bridgehead atoms. The third-order valence-electron chi connectivity index (χ3n) is 2.21. The highest BCUT2D eigenvalue weighted by atomic mass is 19.1. The van der Waals surface area contributed by atoms with Crippen molar-refractivity contribution in [1.82, 2.24) is 5.32 Å². The van der Waals surface area contributed by atoms with Crippen LogP contribution in [0.4, 0.5) is 4.39 Å². The molecule has 2 N–H and O–H groups in total. The number of aromatic hydroxyl groups is 1. The van der Waals surface area contributed by atoms with Crippen LogP contribution in [-0.2, 0) is 6.54 Å². The molecule has 1 aromatic rings. The summed E-state index contributed by atoms with van der Waals surface area (Å²) in [6.45, 7) is 0.622.